The third-order valence-electron chi connectivity index (χ3n) is 3.57. The number of nitrogens with two attached hydrogens (primary N) is 1. The minimum Gasteiger partial charge on any atom is -0.450 e. The van der Waals surface area contributed by atoms with Crippen LogP contribution in [0.1, 0.15) is 46.0 Å². The minimum absolute atomic E-state index is 0.00435. The van der Waals surface area contributed by atoms with E-state index in [1.807, 2.05) is 13.8 Å². The van der Waals surface area contributed by atoms with E-state index in [1.165, 1.54) is 0 Å². The first-order valence-electron chi connectivity index (χ1n) is 8.16. The number of unbranched alkanes of at least 4 members (excludes halogenated alkanes) is 1. The van der Waals surface area contributed by atoms with E-state index < -0.39 is 12.1 Å². The highest BCUT2D eigenvalue weighted by molar-refractivity contribution is 5.90. The quantitative estimate of drug-likeness (QED) is 0.444. The van der Waals surface area contributed by atoms with Crippen molar-refractivity contribution in [2.24, 2.45) is 5.73 Å². The molecule has 8 nitrogen and oxygen atoms in total. The van der Waals surface area contributed by atoms with Crippen LogP contribution in [0.15, 0.2) is 0 Å². The Balaban J connectivity index is 2.45. The minimum atomic E-state index is -0.806. The smallest absolute Gasteiger partial charge is 0.404 e. The van der Waals surface area contributed by atoms with E-state index in [0.717, 1.165) is 19.4 Å². The van der Waals surface area contributed by atoms with Gasteiger partial charge in [-0.2, -0.15) is 0 Å². The Morgan fingerprint density at radius 2 is 2.00 bits per heavy atom. The van der Waals surface area contributed by atoms with Crippen LogP contribution in [0.25, 0.3) is 0 Å². The summed E-state index contributed by atoms with van der Waals surface area (Å²) in [5.74, 6) is -0.332. The molecule has 1 rings (SSSR count). The van der Waals surface area contributed by atoms with Gasteiger partial charge in [0, 0.05) is 6.04 Å². The van der Waals surface area contributed by atoms with Gasteiger partial charge in [0.05, 0.1) is 12.6 Å². The van der Waals surface area contributed by atoms with Crippen LogP contribution < -0.4 is 21.7 Å². The van der Waals surface area contributed by atoms with Gasteiger partial charge in [0.25, 0.3) is 0 Å². The molecule has 0 aliphatic carbocycles. The summed E-state index contributed by atoms with van der Waals surface area (Å²) < 4.78 is 4.65. The lowest BCUT2D eigenvalue weighted by atomic mass is 10.1. The van der Waals surface area contributed by atoms with Gasteiger partial charge in [0.1, 0.15) is 6.04 Å². The maximum absolute atomic E-state index is 12.2. The molecule has 3 amide bonds. The van der Waals surface area contributed by atoms with E-state index in [9.17, 15) is 14.4 Å². The molecule has 1 aliphatic rings. The van der Waals surface area contributed by atoms with Gasteiger partial charge >= 0.3 is 6.09 Å². The third-order valence-corrected chi connectivity index (χ3v) is 3.57. The lowest BCUT2D eigenvalue weighted by Crippen LogP contribution is -2.52. The van der Waals surface area contributed by atoms with Crippen molar-refractivity contribution in [1.82, 2.24) is 16.0 Å². The average Bonchev–Trinajstić information content (AvgIpc) is 2.98. The van der Waals surface area contributed by atoms with Gasteiger partial charge < -0.3 is 26.4 Å². The summed E-state index contributed by atoms with van der Waals surface area (Å²) in [6, 6.07) is -0.798. The second-order valence-electron chi connectivity index (χ2n) is 6.04. The molecule has 1 heterocycles. The first kappa shape index (κ1) is 19.2. The Hall–Kier alpha value is -1.83. The van der Waals surface area contributed by atoms with Crippen LogP contribution in [0.3, 0.4) is 0 Å². The molecule has 0 unspecified atom stereocenters. The molecular formula is C15H28N4O4. The number of amides is 3. The molecule has 8 heteroatoms. The SMILES string of the molecule is CC(C)NC(=O)[C@H](CCCCOC(N)=O)NC(=O)[C@@H]1CCCN1. The van der Waals surface area contributed by atoms with E-state index in [1.54, 1.807) is 0 Å². The predicted octanol–water partition coefficient (Wildman–Crippen LogP) is 0.0134. The number of carbonyl (C=O) groups is 3. The van der Waals surface area contributed by atoms with Crippen LogP contribution in [-0.2, 0) is 14.3 Å². The first-order valence-corrected chi connectivity index (χ1v) is 8.16. The summed E-state index contributed by atoms with van der Waals surface area (Å²) in [5.41, 5.74) is 4.88. The number of rotatable bonds is 9. The number of hydrogen-bond acceptors (Lipinski definition) is 5. The van der Waals surface area contributed by atoms with Crippen LogP contribution in [0.2, 0.25) is 0 Å². The molecule has 0 radical (unpaired) electrons. The molecule has 1 aliphatic heterocycles. The number of primary amides is 1. The fraction of sp³-hybridized carbons (Fsp3) is 0.800. The van der Waals surface area contributed by atoms with Crippen molar-refractivity contribution in [2.45, 2.75) is 64.1 Å². The summed E-state index contributed by atoms with van der Waals surface area (Å²) >= 11 is 0. The monoisotopic (exact) mass is 328 g/mol. The van der Waals surface area contributed by atoms with Crippen molar-refractivity contribution in [3.63, 3.8) is 0 Å². The number of nitrogens with one attached hydrogen (secondary N) is 3. The van der Waals surface area contributed by atoms with Gasteiger partial charge in [-0.15, -0.1) is 0 Å². The highest BCUT2D eigenvalue weighted by Gasteiger charge is 2.27. The van der Waals surface area contributed by atoms with Crippen LogP contribution in [0.5, 0.6) is 0 Å². The molecule has 0 saturated carbocycles. The number of hydrogen-bond donors (Lipinski definition) is 4. The van der Waals surface area contributed by atoms with Crippen LogP contribution in [0.4, 0.5) is 4.79 Å². The Labute approximate surface area is 136 Å². The summed E-state index contributed by atoms with van der Waals surface area (Å²) in [7, 11) is 0. The lowest BCUT2D eigenvalue weighted by molar-refractivity contribution is -0.130. The van der Waals surface area contributed by atoms with Crippen molar-refractivity contribution in [3.8, 4) is 0 Å². The van der Waals surface area contributed by atoms with Crippen LogP contribution >= 0.6 is 0 Å². The van der Waals surface area contributed by atoms with Crippen molar-refractivity contribution in [1.29, 1.82) is 0 Å². The number of ether oxygens (including phenoxy) is 1. The van der Waals surface area contributed by atoms with E-state index in [-0.39, 0.29) is 30.5 Å². The largest absolute Gasteiger partial charge is 0.450 e. The molecule has 0 aromatic heterocycles. The summed E-state index contributed by atoms with van der Waals surface area (Å²) in [4.78, 5) is 34.9. The van der Waals surface area contributed by atoms with Gasteiger partial charge in [-0.25, -0.2) is 4.79 Å². The summed E-state index contributed by atoms with van der Waals surface area (Å²) in [6.07, 6.45) is 2.66. The van der Waals surface area contributed by atoms with E-state index >= 15 is 0 Å². The van der Waals surface area contributed by atoms with Gasteiger partial charge in [-0.1, -0.05) is 0 Å². The Morgan fingerprint density at radius 1 is 1.26 bits per heavy atom. The highest BCUT2D eigenvalue weighted by Crippen LogP contribution is 2.08. The second kappa shape index (κ2) is 10.0. The molecular weight excluding hydrogens is 300 g/mol. The van der Waals surface area contributed by atoms with Gasteiger partial charge in [-0.05, 0) is 52.5 Å². The fourth-order valence-corrected chi connectivity index (χ4v) is 2.46. The second-order valence-corrected chi connectivity index (χ2v) is 6.04. The summed E-state index contributed by atoms with van der Waals surface area (Å²) in [6.45, 7) is 4.78. The van der Waals surface area contributed by atoms with Crippen molar-refractivity contribution in [2.75, 3.05) is 13.2 Å². The maximum atomic E-state index is 12.2. The summed E-state index contributed by atoms with van der Waals surface area (Å²) in [5, 5.41) is 8.75. The average molecular weight is 328 g/mol. The Bertz CT molecular complexity index is 408. The first-order chi connectivity index (χ1) is 10.9. The van der Waals surface area contributed by atoms with Crippen LogP contribution in [-0.4, -0.2) is 49.2 Å². The van der Waals surface area contributed by atoms with Crippen molar-refractivity contribution in [3.05, 3.63) is 0 Å². The van der Waals surface area contributed by atoms with E-state index in [4.69, 9.17) is 5.73 Å². The molecule has 0 spiro atoms. The molecule has 132 valence electrons. The third kappa shape index (κ3) is 7.83. The topological polar surface area (TPSA) is 123 Å². The predicted molar refractivity (Wildman–Crippen MR) is 85.6 cm³/mol. The molecule has 1 saturated heterocycles. The van der Waals surface area contributed by atoms with Crippen molar-refractivity contribution >= 4 is 17.9 Å². The Morgan fingerprint density at radius 3 is 2.57 bits per heavy atom. The van der Waals surface area contributed by atoms with Gasteiger partial charge in [0.2, 0.25) is 11.8 Å². The molecule has 0 aromatic rings. The normalized spacial score (nSPS) is 18.5. The van der Waals surface area contributed by atoms with E-state index in [0.29, 0.717) is 19.3 Å². The molecule has 0 bridgehead atoms. The molecule has 5 N–H and O–H groups in total. The zero-order chi connectivity index (χ0) is 17.2. The maximum Gasteiger partial charge on any atom is 0.404 e. The zero-order valence-electron chi connectivity index (χ0n) is 13.9. The molecule has 23 heavy (non-hydrogen) atoms. The molecule has 0 aromatic carbocycles. The standard InChI is InChI=1S/C15H28N4O4/c1-10(2)18-14(21)12(6-3-4-9-23-15(16)22)19-13(20)11-7-5-8-17-11/h10-12,17H,3-9H2,1-2H3,(H2,16,22)(H,18,21)(H,19,20)/t11-,12-/m0/s1. The zero-order valence-corrected chi connectivity index (χ0v) is 13.9. The van der Waals surface area contributed by atoms with E-state index in [2.05, 4.69) is 20.7 Å². The van der Waals surface area contributed by atoms with Crippen molar-refractivity contribution < 1.29 is 19.1 Å². The van der Waals surface area contributed by atoms with Gasteiger partial charge in [0.15, 0.2) is 0 Å². The number of carbonyl (C=O) groups excluding carboxylic acids is 3. The molecule has 2 atom stereocenters. The lowest BCUT2D eigenvalue weighted by Gasteiger charge is -2.21. The Kier molecular flexibility index (Phi) is 8.39. The van der Waals surface area contributed by atoms with Crippen LogP contribution in [0, 0.1) is 0 Å². The highest BCUT2D eigenvalue weighted by atomic mass is 16.5. The molecule has 1 fully saturated rings. The fourth-order valence-electron chi connectivity index (χ4n) is 2.46. The van der Waals surface area contributed by atoms with Gasteiger partial charge in [-0.3, -0.25) is 9.59 Å².